The monoisotopic (exact) mass is 245 g/mol. The molecule has 1 fully saturated rings. The van der Waals surface area contributed by atoms with Crippen LogP contribution in [0.1, 0.15) is 6.42 Å². The van der Waals surface area contributed by atoms with Crippen molar-refractivity contribution in [2.24, 2.45) is 0 Å². The number of carboxylic acids is 1. The second kappa shape index (κ2) is 7.08. The molecule has 0 bridgehead atoms. The normalized spacial score (nSPS) is 20.2. The van der Waals surface area contributed by atoms with Gasteiger partial charge in [0.05, 0.1) is 6.61 Å². The molecule has 0 radical (unpaired) electrons. The second-order valence-corrected chi connectivity index (χ2v) is 4.09. The molecule has 17 heavy (non-hydrogen) atoms. The van der Waals surface area contributed by atoms with Crippen LogP contribution in [-0.2, 0) is 9.53 Å². The van der Waals surface area contributed by atoms with Crippen molar-refractivity contribution in [1.29, 1.82) is 0 Å². The molecule has 7 nitrogen and oxygen atoms in total. The molecule has 7 heteroatoms. The molecule has 3 N–H and O–H groups in total. The van der Waals surface area contributed by atoms with Crippen molar-refractivity contribution in [1.82, 2.24) is 15.5 Å². The predicted molar refractivity (Wildman–Crippen MR) is 60.9 cm³/mol. The van der Waals surface area contributed by atoms with Gasteiger partial charge in [0, 0.05) is 19.1 Å². The number of likely N-dealkylation sites (N-methyl/N-ethyl adjacent to an activating group) is 1. The molecule has 0 saturated carbocycles. The topological polar surface area (TPSA) is 90.9 Å². The summed E-state index contributed by atoms with van der Waals surface area (Å²) in [6.07, 6.45) is 0.958. The van der Waals surface area contributed by atoms with E-state index in [-0.39, 0.29) is 25.3 Å². The predicted octanol–water partition coefficient (Wildman–Crippen LogP) is -0.909. The van der Waals surface area contributed by atoms with Gasteiger partial charge in [0.25, 0.3) is 0 Å². The fraction of sp³-hybridized carbons (Fsp3) is 0.800. The van der Waals surface area contributed by atoms with Gasteiger partial charge in [0.2, 0.25) is 0 Å². The van der Waals surface area contributed by atoms with Crippen LogP contribution in [0.5, 0.6) is 0 Å². The van der Waals surface area contributed by atoms with Gasteiger partial charge in [-0.25, -0.2) is 9.59 Å². The van der Waals surface area contributed by atoms with Gasteiger partial charge in [0.1, 0.15) is 6.61 Å². The molecular formula is C10H19N3O4. The zero-order chi connectivity index (χ0) is 12.7. The van der Waals surface area contributed by atoms with Gasteiger partial charge in [0.15, 0.2) is 0 Å². The number of carboxylic acid groups (broad SMARTS) is 1. The molecule has 1 unspecified atom stereocenters. The van der Waals surface area contributed by atoms with E-state index in [1.54, 1.807) is 0 Å². The van der Waals surface area contributed by atoms with E-state index in [1.165, 1.54) is 0 Å². The Labute approximate surface area is 100 Å². The number of nitrogens with one attached hydrogen (secondary N) is 2. The summed E-state index contributed by atoms with van der Waals surface area (Å²) >= 11 is 0. The maximum atomic E-state index is 11.4. The Morgan fingerprint density at radius 1 is 1.53 bits per heavy atom. The summed E-state index contributed by atoms with van der Waals surface area (Å²) < 4.78 is 4.78. The van der Waals surface area contributed by atoms with Crippen LogP contribution in [0.4, 0.5) is 4.79 Å². The average molecular weight is 245 g/mol. The molecule has 0 aromatic rings. The molecule has 1 saturated heterocycles. The van der Waals surface area contributed by atoms with E-state index < -0.39 is 5.97 Å². The molecule has 1 rings (SSSR count). The van der Waals surface area contributed by atoms with Gasteiger partial charge < -0.3 is 25.4 Å². The number of hydrogen-bond donors (Lipinski definition) is 3. The van der Waals surface area contributed by atoms with E-state index in [9.17, 15) is 9.59 Å². The second-order valence-electron chi connectivity index (χ2n) is 4.09. The van der Waals surface area contributed by atoms with Gasteiger partial charge in [-0.15, -0.1) is 0 Å². The third kappa shape index (κ3) is 6.08. The Morgan fingerprint density at radius 2 is 2.29 bits per heavy atom. The Morgan fingerprint density at radius 3 is 2.88 bits per heavy atom. The lowest BCUT2D eigenvalue weighted by atomic mass is 10.3. The number of amides is 2. The molecule has 98 valence electrons. The van der Waals surface area contributed by atoms with Crippen molar-refractivity contribution in [3.63, 3.8) is 0 Å². The van der Waals surface area contributed by atoms with Crippen molar-refractivity contribution >= 4 is 12.0 Å². The molecular weight excluding hydrogens is 226 g/mol. The summed E-state index contributed by atoms with van der Waals surface area (Å²) in [4.78, 5) is 23.7. The van der Waals surface area contributed by atoms with Crippen LogP contribution < -0.4 is 10.6 Å². The minimum absolute atomic E-state index is 0.194. The SMILES string of the molecule is CN1CCC(NC(=O)NCCOCC(=O)O)C1. The van der Waals surface area contributed by atoms with Gasteiger partial charge in [-0.3, -0.25) is 0 Å². The first-order valence-electron chi connectivity index (χ1n) is 5.60. The van der Waals surface area contributed by atoms with Crippen molar-refractivity contribution in [2.45, 2.75) is 12.5 Å². The molecule has 0 spiro atoms. The Balaban J connectivity index is 1.99. The molecule has 1 atom stereocenters. The van der Waals surface area contributed by atoms with E-state index in [1.807, 2.05) is 7.05 Å². The average Bonchev–Trinajstić information content (AvgIpc) is 2.63. The molecule has 0 aromatic heterocycles. The first-order valence-corrected chi connectivity index (χ1v) is 5.60. The largest absolute Gasteiger partial charge is 0.480 e. The first-order chi connectivity index (χ1) is 8.08. The van der Waals surface area contributed by atoms with Gasteiger partial charge >= 0.3 is 12.0 Å². The van der Waals surface area contributed by atoms with Crippen LogP contribution in [-0.4, -0.2) is 67.9 Å². The minimum atomic E-state index is -1.01. The lowest BCUT2D eigenvalue weighted by molar-refractivity contribution is -0.142. The summed E-state index contributed by atoms with van der Waals surface area (Å²) in [7, 11) is 2.01. The minimum Gasteiger partial charge on any atom is -0.480 e. The molecule has 1 aliphatic heterocycles. The van der Waals surface area contributed by atoms with E-state index in [2.05, 4.69) is 15.5 Å². The number of likely N-dealkylation sites (tertiary alicyclic amines) is 1. The fourth-order valence-corrected chi connectivity index (χ4v) is 1.69. The standard InChI is InChI=1S/C10H19N3O4/c1-13-4-2-8(6-13)12-10(16)11-3-5-17-7-9(14)15/h8H,2-7H2,1H3,(H,14,15)(H2,11,12,16). The van der Waals surface area contributed by atoms with Crippen LogP contribution >= 0.6 is 0 Å². The van der Waals surface area contributed by atoms with E-state index in [0.717, 1.165) is 19.5 Å². The van der Waals surface area contributed by atoms with E-state index in [0.29, 0.717) is 6.54 Å². The van der Waals surface area contributed by atoms with Crippen LogP contribution in [0.2, 0.25) is 0 Å². The Kier molecular flexibility index (Phi) is 5.71. The molecule has 0 aromatic carbocycles. The summed E-state index contributed by atoms with van der Waals surface area (Å²) in [5, 5.41) is 13.8. The van der Waals surface area contributed by atoms with Crippen molar-refractivity contribution in [3.8, 4) is 0 Å². The number of ether oxygens (including phenoxy) is 1. The number of nitrogens with zero attached hydrogens (tertiary/aromatic N) is 1. The van der Waals surface area contributed by atoms with E-state index in [4.69, 9.17) is 9.84 Å². The number of aliphatic carboxylic acids is 1. The fourth-order valence-electron chi connectivity index (χ4n) is 1.69. The Bertz CT molecular complexity index is 272. The number of carbonyl (C=O) groups excluding carboxylic acids is 1. The third-order valence-electron chi connectivity index (χ3n) is 2.48. The van der Waals surface area contributed by atoms with Crippen molar-refractivity contribution in [3.05, 3.63) is 0 Å². The third-order valence-corrected chi connectivity index (χ3v) is 2.48. The maximum absolute atomic E-state index is 11.4. The highest BCUT2D eigenvalue weighted by atomic mass is 16.5. The molecule has 1 aliphatic rings. The van der Waals surface area contributed by atoms with Crippen LogP contribution in [0, 0.1) is 0 Å². The maximum Gasteiger partial charge on any atom is 0.329 e. The zero-order valence-electron chi connectivity index (χ0n) is 9.94. The van der Waals surface area contributed by atoms with Crippen LogP contribution in [0.25, 0.3) is 0 Å². The van der Waals surface area contributed by atoms with Gasteiger partial charge in [-0.05, 0) is 20.0 Å². The first kappa shape index (κ1) is 13.7. The number of carbonyl (C=O) groups is 2. The highest BCUT2D eigenvalue weighted by Crippen LogP contribution is 2.05. The summed E-state index contributed by atoms with van der Waals surface area (Å²) in [6.45, 7) is 2.03. The number of urea groups is 1. The van der Waals surface area contributed by atoms with Crippen molar-refractivity contribution in [2.75, 3.05) is 39.9 Å². The quantitative estimate of drug-likeness (QED) is 0.527. The summed E-state index contributed by atoms with van der Waals surface area (Å²) in [5.74, 6) is -1.01. The zero-order valence-corrected chi connectivity index (χ0v) is 9.94. The van der Waals surface area contributed by atoms with Crippen LogP contribution in [0.3, 0.4) is 0 Å². The Hall–Kier alpha value is -1.34. The van der Waals surface area contributed by atoms with Gasteiger partial charge in [-0.2, -0.15) is 0 Å². The van der Waals surface area contributed by atoms with Crippen molar-refractivity contribution < 1.29 is 19.4 Å². The number of hydrogen-bond acceptors (Lipinski definition) is 4. The molecule has 2 amide bonds. The summed E-state index contributed by atoms with van der Waals surface area (Å²) in [6, 6.07) is -0.0378. The summed E-state index contributed by atoms with van der Waals surface area (Å²) in [5.41, 5.74) is 0. The smallest absolute Gasteiger partial charge is 0.329 e. The van der Waals surface area contributed by atoms with Gasteiger partial charge in [-0.1, -0.05) is 0 Å². The lowest BCUT2D eigenvalue weighted by Crippen LogP contribution is -2.44. The van der Waals surface area contributed by atoms with Crippen LogP contribution in [0.15, 0.2) is 0 Å². The number of rotatable bonds is 6. The molecule has 1 heterocycles. The highest BCUT2D eigenvalue weighted by molar-refractivity contribution is 5.74. The highest BCUT2D eigenvalue weighted by Gasteiger charge is 2.20. The molecule has 0 aliphatic carbocycles. The lowest BCUT2D eigenvalue weighted by Gasteiger charge is -2.13. The van der Waals surface area contributed by atoms with E-state index >= 15 is 0 Å².